The molecule has 8 heteroatoms. The highest BCUT2D eigenvalue weighted by Gasteiger charge is 2.15. The van der Waals surface area contributed by atoms with Crippen LogP contribution in [0.3, 0.4) is 0 Å². The molecule has 2 aromatic carbocycles. The highest BCUT2D eigenvalue weighted by molar-refractivity contribution is 14.1. The first-order chi connectivity index (χ1) is 13.4. The van der Waals surface area contributed by atoms with Gasteiger partial charge in [-0.05, 0) is 65.4 Å². The van der Waals surface area contributed by atoms with Crippen molar-refractivity contribution >= 4 is 57.8 Å². The molecule has 0 heterocycles. The monoisotopic (exact) mass is 531 g/mol. The molecule has 0 radical (unpaired) electrons. The first kappa shape index (κ1) is 22.3. The Balaban J connectivity index is 2.30. The van der Waals surface area contributed by atoms with Gasteiger partial charge >= 0.3 is 5.97 Å². The molecule has 0 spiro atoms. The number of benzene rings is 2. The Morgan fingerprint density at radius 3 is 2.64 bits per heavy atom. The Hall–Kier alpha value is -1.95. The summed E-state index contributed by atoms with van der Waals surface area (Å²) in [4.78, 5) is 11.8. The third kappa shape index (κ3) is 5.77. The number of rotatable bonds is 7. The Bertz CT molecular complexity index is 954. The van der Waals surface area contributed by atoms with Crippen molar-refractivity contribution < 1.29 is 19.0 Å². The molecule has 0 N–H and O–H groups in total. The first-order valence-corrected chi connectivity index (χ1v) is 9.96. The molecule has 0 aromatic heterocycles. The van der Waals surface area contributed by atoms with Crippen molar-refractivity contribution in [3.63, 3.8) is 0 Å². The van der Waals surface area contributed by atoms with E-state index in [1.165, 1.54) is 13.2 Å². The predicted octanol–water partition coefficient (Wildman–Crippen LogP) is 5.66. The van der Waals surface area contributed by atoms with Crippen LogP contribution in [0.25, 0.3) is 6.08 Å². The second-order valence-corrected chi connectivity index (χ2v) is 7.45. The molecule has 146 valence electrons. The average Bonchev–Trinajstić information content (AvgIpc) is 2.66. The lowest BCUT2D eigenvalue weighted by Gasteiger charge is -2.14. The highest BCUT2D eigenvalue weighted by Crippen LogP contribution is 2.35. The van der Waals surface area contributed by atoms with E-state index in [4.69, 9.17) is 37.4 Å². The fraction of sp³-hybridized carbons (Fsp3) is 0.200. The third-order valence-corrected chi connectivity index (χ3v) is 4.95. The summed E-state index contributed by atoms with van der Waals surface area (Å²) >= 11 is 14.2. The van der Waals surface area contributed by atoms with Gasteiger partial charge in [0.2, 0.25) is 0 Å². The van der Waals surface area contributed by atoms with Crippen molar-refractivity contribution in [3.05, 3.63) is 60.6 Å². The van der Waals surface area contributed by atoms with Gasteiger partial charge in [0, 0.05) is 15.6 Å². The van der Waals surface area contributed by atoms with Gasteiger partial charge in [0.05, 0.1) is 17.3 Å². The number of ether oxygens (including phenoxy) is 3. The van der Waals surface area contributed by atoms with E-state index in [-0.39, 0.29) is 18.8 Å². The van der Waals surface area contributed by atoms with E-state index in [0.29, 0.717) is 27.1 Å². The van der Waals surface area contributed by atoms with Crippen LogP contribution in [0.5, 0.6) is 11.5 Å². The Kier molecular flexibility index (Phi) is 8.42. The molecular weight excluding hydrogens is 516 g/mol. The van der Waals surface area contributed by atoms with Crippen LogP contribution in [0.4, 0.5) is 0 Å². The van der Waals surface area contributed by atoms with Crippen molar-refractivity contribution in [3.8, 4) is 17.6 Å². The van der Waals surface area contributed by atoms with Crippen LogP contribution in [0, 0.1) is 14.9 Å². The third-order valence-electron chi connectivity index (χ3n) is 3.57. The maximum Gasteiger partial charge on any atom is 0.348 e. The standard InChI is InChI=1S/C20H16Cl2INO4/c1-3-27-20(25)14(10-24)6-12-7-17(23)19(18(8-12)26-2)28-11-13-4-5-15(21)9-16(13)22/h4-9H,3,11H2,1-2H3/b14-6+. The van der Waals surface area contributed by atoms with Crippen LogP contribution in [0.15, 0.2) is 35.9 Å². The van der Waals surface area contributed by atoms with Gasteiger partial charge in [0.25, 0.3) is 0 Å². The van der Waals surface area contributed by atoms with E-state index in [1.807, 2.05) is 6.07 Å². The Labute approximate surface area is 186 Å². The number of carbonyl (C=O) groups excluding carboxylic acids is 1. The topological polar surface area (TPSA) is 68.6 Å². The summed E-state index contributed by atoms with van der Waals surface area (Å²) in [5, 5.41) is 10.2. The number of nitrogens with zero attached hydrogens (tertiary/aromatic N) is 1. The van der Waals surface area contributed by atoms with Gasteiger partial charge in [0.15, 0.2) is 11.5 Å². The minimum absolute atomic E-state index is 0.0960. The van der Waals surface area contributed by atoms with Crippen LogP contribution in [0.1, 0.15) is 18.1 Å². The first-order valence-electron chi connectivity index (χ1n) is 8.12. The Morgan fingerprint density at radius 2 is 2.04 bits per heavy atom. The van der Waals surface area contributed by atoms with Crippen molar-refractivity contribution in [2.75, 3.05) is 13.7 Å². The van der Waals surface area contributed by atoms with Gasteiger partial charge in [-0.1, -0.05) is 29.3 Å². The van der Waals surface area contributed by atoms with Gasteiger partial charge in [-0.2, -0.15) is 5.26 Å². The largest absolute Gasteiger partial charge is 0.493 e. The number of hydrogen-bond donors (Lipinski definition) is 0. The van der Waals surface area contributed by atoms with Crippen molar-refractivity contribution in [2.45, 2.75) is 13.5 Å². The van der Waals surface area contributed by atoms with Gasteiger partial charge in [0.1, 0.15) is 18.2 Å². The van der Waals surface area contributed by atoms with Gasteiger partial charge in [-0.3, -0.25) is 0 Å². The molecule has 0 aliphatic heterocycles. The number of nitriles is 1. The molecule has 28 heavy (non-hydrogen) atoms. The smallest absolute Gasteiger partial charge is 0.348 e. The van der Waals surface area contributed by atoms with E-state index in [1.54, 1.807) is 37.3 Å². The molecule has 0 fully saturated rings. The quantitative estimate of drug-likeness (QED) is 0.200. The zero-order valence-corrected chi connectivity index (χ0v) is 18.8. The normalized spacial score (nSPS) is 10.9. The molecule has 2 aromatic rings. The average molecular weight is 532 g/mol. The molecule has 0 aliphatic carbocycles. The van der Waals surface area contributed by atoms with E-state index in [2.05, 4.69) is 22.6 Å². The van der Waals surface area contributed by atoms with E-state index < -0.39 is 5.97 Å². The molecule has 2 rings (SSSR count). The molecule has 0 saturated carbocycles. The molecule has 0 unspecified atom stereocenters. The zero-order valence-electron chi connectivity index (χ0n) is 15.1. The fourth-order valence-corrected chi connectivity index (χ4v) is 3.51. The lowest BCUT2D eigenvalue weighted by molar-refractivity contribution is -0.137. The van der Waals surface area contributed by atoms with Gasteiger partial charge in [-0.15, -0.1) is 0 Å². The predicted molar refractivity (Wildman–Crippen MR) is 117 cm³/mol. The highest BCUT2D eigenvalue weighted by atomic mass is 127. The van der Waals surface area contributed by atoms with Crippen molar-refractivity contribution in [2.24, 2.45) is 0 Å². The molecular formula is C20H16Cl2INO4. The van der Waals surface area contributed by atoms with Crippen LogP contribution in [-0.4, -0.2) is 19.7 Å². The van der Waals surface area contributed by atoms with Crippen LogP contribution < -0.4 is 9.47 Å². The summed E-state index contributed by atoms with van der Waals surface area (Å²) in [5.74, 6) is 0.321. The van der Waals surface area contributed by atoms with Crippen molar-refractivity contribution in [1.29, 1.82) is 5.26 Å². The van der Waals surface area contributed by atoms with Crippen LogP contribution in [0.2, 0.25) is 10.0 Å². The molecule has 0 saturated heterocycles. The summed E-state index contributed by atoms with van der Waals surface area (Å²) in [6, 6.07) is 10.5. The number of esters is 1. The fourth-order valence-electron chi connectivity index (χ4n) is 2.26. The second-order valence-electron chi connectivity index (χ2n) is 5.45. The number of carbonyl (C=O) groups is 1. The van der Waals surface area contributed by atoms with Crippen LogP contribution >= 0.6 is 45.8 Å². The maximum atomic E-state index is 11.8. The van der Waals surface area contributed by atoms with Crippen LogP contribution in [-0.2, 0) is 16.1 Å². The summed E-state index contributed by atoms with van der Waals surface area (Å²) in [5.41, 5.74) is 1.30. The number of halogens is 3. The number of hydrogen-bond acceptors (Lipinski definition) is 5. The van der Waals surface area contributed by atoms with Gasteiger partial charge < -0.3 is 14.2 Å². The molecule has 0 bridgehead atoms. The maximum absolute atomic E-state index is 11.8. The lowest BCUT2D eigenvalue weighted by atomic mass is 10.1. The zero-order chi connectivity index (χ0) is 20.7. The number of methoxy groups -OCH3 is 1. The summed E-state index contributed by atoms with van der Waals surface area (Å²) in [7, 11) is 1.51. The SMILES string of the molecule is CCOC(=O)/C(C#N)=C/c1cc(I)c(OCc2ccc(Cl)cc2Cl)c(OC)c1. The summed E-state index contributed by atoms with van der Waals surface area (Å²) in [6.07, 6.45) is 1.45. The minimum atomic E-state index is -0.670. The lowest BCUT2D eigenvalue weighted by Crippen LogP contribution is -2.06. The molecule has 0 atom stereocenters. The van der Waals surface area contributed by atoms with Gasteiger partial charge in [-0.25, -0.2) is 4.79 Å². The Morgan fingerprint density at radius 1 is 1.29 bits per heavy atom. The molecule has 5 nitrogen and oxygen atoms in total. The van der Waals surface area contributed by atoms with E-state index >= 15 is 0 Å². The van der Waals surface area contributed by atoms with Crippen molar-refractivity contribution in [1.82, 2.24) is 0 Å². The summed E-state index contributed by atoms with van der Waals surface area (Å²) in [6.45, 7) is 2.10. The summed E-state index contributed by atoms with van der Waals surface area (Å²) < 4.78 is 16.9. The second kappa shape index (κ2) is 10.6. The van der Waals surface area contributed by atoms with E-state index in [9.17, 15) is 10.1 Å². The van der Waals surface area contributed by atoms with E-state index in [0.717, 1.165) is 9.13 Å². The molecule has 0 aliphatic rings. The molecule has 0 amide bonds. The minimum Gasteiger partial charge on any atom is -0.493 e.